The monoisotopic (exact) mass is 1690 g/mol. The summed E-state index contributed by atoms with van der Waals surface area (Å²) in [5.41, 5.74) is 32.5. The minimum atomic E-state index is -3.13. The van der Waals surface area contributed by atoms with Gasteiger partial charge in [0.05, 0.1) is 66.3 Å². The summed E-state index contributed by atoms with van der Waals surface area (Å²) in [4.78, 5) is 7.50. The van der Waals surface area contributed by atoms with Crippen LogP contribution in [0.25, 0.3) is 121 Å². The van der Waals surface area contributed by atoms with Gasteiger partial charge in [0.2, 0.25) is 0 Å². The molecule has 2 atom stereocenters. The van der Waals surface area contributed by atoms with E-state index < -0.39 is 18.0 Å². The van der Waals surface area contributed by atoms with Gasteiger partial charge in [0.1, 0.15) is 0 Å². The number of fused-ring (bicyclic) bond motifs is 31. The van der Waals surface area contributed by atoms with Gasteiger partial charge in [-0.15, -0.1) is 0 Å². The molecular formula is C119H78N5OPS2. The van der Waals surface area contributed by atoms with E-state index in [9.17, 15) is 0 Å². The van der Waals surface area contributed by atoms with Crippen LogP contribution in [0, 0.1) is 0 Å². The second kappa shape index (κ2) is 27.6. The fourth-order valence-electron chi connectivity index (χ4n) is 23.3. The maximum Gasteiger partial charge on any atom is 0.171 e. The van der Waals surface area contributed by atoms with Crippen molar-refractivity contribution in [1.82, 2.24) is 18.3 Å². The SMILES string of the molecule is CC1(C)c2ccccc2-c2ccc(N(c3ccccc3)c3ccc(-n4c5ccccc5c5cc6c(cc54)Sc4ccccc4C64c5ccccc5-n5c6ccccc6c6cccc4c65)cc3)cc21.O=P(c1ccccc1)(c1ccccc1)c1ccc(-n2c3ccccc3c3cc4c(cc32)Sc2ccccc2C42c3ccccc3-n3c4ccccc4c4cccc2c43)cc1. The smallest absolute Gasteiger partial charge is 0.171 e. The fourth-order valence-corrected chi connectivity index (χ4v) is 28.3. The van der Waals surface area contributed by atoms with E-state index >= 15 is 4.57 Å². The highest BCUT2D eigenvalue weighted by molar-refractivity contribution is 7.99. The Morgan fingerprint density at radius 3 is 1.08 bits per heavy atom. The quantitative estimate of drug-likeness (QED) is 0.142. The molecule has 602 valence electrons. The number of aromatic nitrogens is 4. The lowest BCUT2D eigenvalue weighted by Gasteiger charge is -2.45. The highest BCUT2D eigenvalue weighted by atomic mass is 32.2. The third kappa shape index (κ3) is 10.00. The number of rotatable bonds is 8. The standard InChI is InChI=1S/C64H43N3S.C55H35N2OPS/c1-63(2)50-23-9-6-19-44(50)45-36-35-43(37-54(45)63)65(40-17-4-3-5-18-40)41-31-33-42(34-32-41)66-56-27-12-8-21-47(56)49-38-55-61(39-59(49)66)68-60-30-15-11-25-52(60)64(55)51-24-10-14-29-58(51)67-57-28-13-7-20-46(57)48-22-16-26-53(64)62(48)67;58-59(37-16-3-1-4-17-37,38-18-5-2-6-19-38)39-32-30-36(31-33-39)56-48-26-11-8-21-41(48)43-34-47-53(35-51(43)56)60-52-29-14-10-24-45(52)55(47)44-23-9-13-28-50(44)57-49-27-12-7-20-40(49)42-22-15-25-46(55)54(42)57/h3-39H,1-2H3;1-35H. The molecule has 4 aliphatic heterocycles. The zero-order valence-electron chi connectivity index (χ0n) is 70.0. The molecule has 0 amide bonds. The van der Waals surface area contributed by atoms with Crippen molar-refractivity contribution in [2.24, 2.45) is 0 Å². The van der Waals surface area contributed by atoms with E-state index in [2.05, 4.69) is 413 Å². The summed E-state index contributed by atoms with van der Waals surface area (Å²) in [6, 6.07) is 160. The van der Waals surface area contributed by atoms with Crippen LogP contribution < -0.4 is 20.8 Å². The van der Waals surface area contributed by atoms with Gasteiger partial charge in [0, 0.05) is 112 Å². The summed E-state index contributed by atoms with van der Waals surface area (Å²) < 4.78 is 25.2. The van der Waals surface area contributed by atoms with Gasteiger partial charge in [-0.1, -0.05) is 329 Å². The normalized spacial score (nSPS) is 15.7. The Balaban J connectivity index is 0.000000133. The lowest BCUT2D eigenvalue weighted by Crippen LogP contribution is -2.37. The van der Waals surface area contributed by atoms with Crippen LogP contribution >= 0.6 is 30.7 Å². The Hall–Kier alpha value is -14.9. The molecule has 0 saturated carbocycles. The topological polar surface area (TPSA) is 40.0 Å². The van der Waals surface area contributed by atoms with Gasteiger partial charge >= 0.3 is 0 Å². The number of hydrogen-bond donors (Lipinski definition) is 0. The van der Waals surface area contributed by atoms with Gasteiger partial charge < -0.3 is 27.7 Å². The molecule has 0 fully saturated rings. The summed E-state index contributed by atoms with van der Waals surface area (Å²) in [7, 11) is -3.13. The third-order valence-electron chi connectivity index (χ3n) is 28.6. The van der Waals surface area contributed by atoms with Crippen molar-refractivity contribution < 1.29 is 4.57 Å². The highest BCUT2D eigenvalue weighted by Gasteiger charge is 2.52. The van der Waals surface area contributed by atoms with Gasteiger partial charge in [-0.05, 0) is 212 Å². The Kier molecular flexibility index (Phi) is 15.8. The maximum atomic E-state index is 15.3. The first-order chi connectivity index (χ1) is 63.1. The molecule has 5 aliphatic rings. The first kappa shape index (κ1) is 73.5. The van der Waals surface area contributed by atoms with Crippen molar-refractivity contribution in [1.29, 1.82) is 0 Å². The highest BCUT2D eigenvalue weighted by Crippen LogP contribution is 2.65. The van der Waals surface area contributed by atoms with E-state index in [-0.39, 0.29) is 5.41 Å². The first-order valence-electron chi connectivity index (χ1n) is 44.1. The number of anilines is 3. The Morgan fingerprint density at radius 2 is 0.586 bits per heavy atom. The number of nitrogens with zero attached hydrogens (tertiary/aromatic N) is 5. The molecule has 6 nitrogen and oxygen atoms in total. The van der Waals surface area contributed by atoms with Gasteiger partial charge in [-0.25, -0.2) is 0 Å². The molecule has 2 unspecified atom stereocenters. The van der Waals surface area contributed by atoms with Crippen molar-refractivity contribution in [3.63, 3.8) is 0 Å². The van der Waals surface area contributed by atoms with Crippen LogP contribution in [-0.2, 0) is 20.8 Å². The number of benzene rings is 19. The molecule has 0 radical (unpaired) electrons. The van der Waals surface area contributed by atoms with Crippen molar-refractivity contribution in [3.8, 4) is 33.9 Å². The van der Waals surface area contributed by atoms with Crippen molar-refractivity contribution in [2.75, 3.05) is 4.90 Å². The number of para-hydroxylation sites is 9. The molecule has 8 heterocycles. The summed E-state index contributed by atoms with van der Waals surface area (Å²) in [6.07, 6.45) is 0. The molecule has 4 aromatic heterocycles. The lowest BCUT2D eigenvalue weighted by molar-refractivity contribution is 0.592. The second-order valence-corrected chi connectivity index (χ2v) is 40.1. The number of hydrogen-bond acceptors (Lipinski definition) is 4. The lowest BCUT2D eigenvalue weighted by atomic mass is 9.62. The van der Waals surface area contributed by atoms with E-state index in [0.29, 0.717) is 0 Å². The molecule has 0 N–H and O–H groups in total. The summed E-state index contributed by atoms with van der Waals surface area (Å²) >= 11 is 3.78. The van der Waals surface area contributed by atoms with Gasteiger partial charge in [-0.2, -0.15) is 0 Å². The zero-order chi connectivity index (χ0) is 84.5. The van der Waals surface area contributed by atoms with E-state index in [0.717, 1.165) is 55.4 Å². The molecule has 128 heavy (non-hydrogen) atoms. The van der Waals surface area contributed by atoms with Gasteiger partial charge in [0.25, 0.3) is 0 Å². The molecule has 23 aromatic rings. The Morgan fingerprint density at radius 1 is 0.234 bits per heavy atom. The van der Waals surface area contributed by atoms with Crippen LogP contribution in [0.4, 0.5) is 17.1 Å². The molecule has 1 aliphatic carbocycles. The molecule has 9 heteroatoms. The van der Waals surface area contributed by atoms with Crippen LogP contribution in [-0.4, -0.2) is 18.3 Å². The van der Waals surface area contributed by atoms with Gasteiger partial charge in [0.15, 0.2) is 7.14 Å². The van der Waals surface area contributed by atoms with Crippen LogP contribution in [0.1, 0.15) is 69.5 Å². The zero-order valence-corrected chi connectivity index (χ0v) is 72.5. The second-order valence-electron chi connectivity index (χ2n) is 35.2. The van der Waals surface area contributed by atoms with E-state index in [1.54, 1.807) is 0 Å². The molecular weight excluding hydrogens is 1610 g/mol. The van der Waals surface area contributed by atoms with Crippen LogP contribution in [0.5, 0.6) is 0 Å². The Bertz CT molecular complexity index is 8680. The predicted octanol–water partition coefficient (Wildman–Crippen LogP) is 29.5. The maximum absolute atomic E-state index is 15.3. The third-order valence-corrected chi connectivity index (χ3v) is 33.9. The fraction of sp³-hybridized carbons (Fsp3) is 0.0420. The van der Waals surface area contributed by atoms with Crippen molar-refractivity contribution in [2.45, 2.75) is 49.7 Å². The summed E-state index contributed by atoms with van der Waals surface area (Å²) in [5.74, 6) is 0. The minimum Gasteiger partial charge on any atom is -0.310 e. The molecule has 19 aromatic carbocycles. The average molecular weight is 1690 g/mol. The molecule has 2 spiro atoms. The predicted molar refractivity (Wildman–Crippen MR) is 534 cm³/mol. The summed E-state index contributed by atoms with van der Waals surface area (Å²) in [6.45, 7) is 4.72. The minimum absolute atomic E-state index is 0.0996. The molecule has 28 rings (SSSR count). The largest absolute Gasteiger partial charge is 0.310 e. The molecule has 0 saturated heterocycles. The first-order valence-corrected chi connectivity index (χ1v) is 47.5. The van der Waals surface area contributed by atoms with Gasteiger partial charge in [-0.3, -0.25) is 0 Å². The van der Waals surface area contributed by atoms with Crippen LogP contribution in [0.2, 0.25) is 0 Å². The Labute approximate surface area is 748 Å². The van der Waals surface area contributed by atoms with E-state index in [1.165, 1.54) is 174 Å². The van der Waals surface area contributed by atoms with Crippen LogP contribution in [0.15, 0.2) is 456 Å². The molecule has 0 bridgehead atoms. The summed E-state index contributed by atoms with van der Waals surface area (Å²) in [5, 5.41) is 12.5. The van der Waals surface area contributed by atoms with Crippen LogP contribution in [0.3, 0.4) is 0 Å². The van der Waals surface area contributed by atoms with E-state index in [1.807, 2.05) is 84.2 Å². The van der Waals surface area contributed by atoms with E-state index in [4.69, 9.17) is 0 Å². The van der Waals surface area contributed by atoms with Crippen molar-refractivity contribution >= 4 is 151 Å². The average Bonchev–Trinajstić information content (AvgIpc) is 1.38. The van der Waals surface area contributed by atoms with Crippen molar-refractivity contribution in [3.05, 3.63) is 492 Å².